The standard InChI is InChI=1S/C15H19N3O3S/c1-10(19)17-6-4-11-12(8-17)22-14-13(11)15(20)18(9-16-14)5-3-7-21-2/h9H,3-8H2,1-2H3. The summed E-state index contributed by atoms with van der Waals surface area (Å²) in [7, 11) is 1.65. The Kier molecular flexibility index (Phi) is 4.26. The zero-order chi connectivity index (χ0) is 15.7. The van der Waals surface area contributed by atoms with Gasteiger partial charge in [0, 0.05) is 38.6 Å². The Balaban J connectivity index is 1.98. The van der Waals surface area contributed by atoms with Crippen molar-refractivity contribution in [3.63, 3.8) is 0 Å². The molecule has 0 atom stereocenters. The lowest BCUT2D eigenvalue weighted by atomic mass is 10.1. The lowest BCUT2D eigenvalue weighted by Gasteiger charge is -2.25. The number of aromatic nitrogens is 2. The number of hydrogen-bond acceptors (Lipinski definition) is 5. The molecule has 6 nitrogen and oxygen atoms in total. The van der Waals surface area contributed by atoms with E-state index in [-0.39, 0.29) is 11.5 Å². The quantitative estimate of drug-likeness (QED) is 0.799. The molecule has 0 N–H and O–H groups in total. The van der Waals surface area contributed by atoms with Crippen LogP contribution >= 0.6 is 11.3 Å². The molecule has 0 radical (unpaired) electrons. The largest absolute Gasteiger partial charge is 0.385 e. The first kappa shape index (κ1) is 15.2. The van der Waals surface area contributed by atoms with Gasteiger partial charge in [0.1, 0.15) is 4.83 Å². The molecule has 2 aromatic rings. The van der Waals surface area contributed by atoms with Crippen molar-refractivity contribution in [2.45, 2.75) is 32.9 Å². The Labute approximate surface area is 132 Å². The summed E-state index contributed by atoms with van der Waals surface area (Å²) in [4.78, 5) is 32.3. The topological polar surface area (TPSA) is 64.4 Å². The van der Waals surface area contributed by atoms with Gasteiger partial charge in [-0.3, -0.25) is 14.2 Å². The van der Waals surface area contributed by atoms with Crippen LogP contribution in [0.25, 0.3) is 10.2 Å². The molecule has 0 saturated heterocycles. The van der Waals surface area contributed by atoms with Crippen molar-refractivity contribution >= 4 is 27.5 Å². The Hall–Kier alpha value is -1.73. The van der Waals surface area contributed by atoms with E-state index in [1.54, 1.807) is 24.9 Å². The van der Waals surface area contributed by atoms with E-state index in [0.29, 0.717) is 26.2 Å². The van der Waals surface area contributed by atoms with Crippen molar-refractivity contribution in [1.29, 1.82) is 0 Å². The van der Waals surface area contributed by atoms with Crippen molar-refractivity contribution in [3.05, 3.63) is 27.1 Å². The molecule has 118 valence electrons. The van der Waals surface area contributed by atoms with Crippen molar-refractivity contribution in [2.75, 3.05) is 20.3 Å². The summed E-state index contributed by atoms with van der Waals surface area (Å²) in [6.45, 7) is 4.08. The van der Waals surface area contributed by atoms with Gasteiger partial charge in [0.05, 0.1) is 18.3 Å². The summed E-state index contributed by atoms with van der Waals surface area (Å²) in [6, 6.07) is 0. The fourth-order valence-corrected chi connectivity index (χ4v) is 4.02. The highest BCUT2D eigenvalue weighted by Crippen LogP contribution is 2.32. The number of hydrogen-bond donors (Lipinski definition) is 0. The molecule has 1 aliphatic rings. The second-order valence-corrected chi connectivity index (χ2v) is 6.55. The molecular weight excluding hydrogens is 302 g/mol. The summed E-state index contributed by atoms with van der Waals surface area (Å²) in [5.74, 6) is 0.0769. The van der Waals surface area contributed by atoms with Gasteiger partial charge >= 0.3 is 0 Å². The summed E-state index contributed by atoms with van der Waals surface area (Å²) in [5.41, 5.74) is 1.10. The lowest BCUT2D eigenvalue weighted by molar-refractivity contribution is -0.129. The van der Waals surface area contributed by atoms with E-state index in [4.69, 9.17) is 4.74 Å². The molecule has 2 aromatic heterocycles. The summed E-state index contributed by atoms with van der Waals surface area (Å²) < 4.78 is 6.69. The molecule has 0 aromatic carbocycles. The molecule has 1 amide bonds. The van der Waals surface area contributed by atoms with Crippen LogP contribution in [-0.2, 0) is 29.0 Å². The molecule has 3 heterocycles. The van der Waals surface area contributed by atoms with E-state index in [9.17, 15) is 9.59 Å². The number of amides is 1. The number of aryl methyl sites for hydroxylation is 1. The fourth-order valence-electron chi connectivity index (χ4n) is 2.83. The van der Waals surface area contributed by atoms with E-state index >= 15 is 0 Å². The fraction of sp³-hybridized carbons (Fsp3) is 0.533. The zero-order valence-electron chi connectivity index (χ0n) is 12.8. The molecule has 0 fully saturated rings. The summed E-state index contributed by atoms with van der Waals surface area (Å²) in [6.07, 6.45) is 3.13. The number of rotatable bonds is 4. The third-order valence-electron chi connectivity index (χ3n) is 4.02. The monoisotopic (exact) mass is 321 g/mol. The Morgan fingerprint density at radius 2 is 2.32 bits per heavy atom. The number of thiophene rings is 1. The maximum absolute atomic E-state index is 12.7. The Morgan fingerprint density at radius 1 is 1.50 bits per heavy atom. The minimum atomic E-state index is 0.0230. The van der Waals surface area contributed by atoms with Gasteiger partial charge in [0.15, 0.2) is 0 Å². The Morgan fingerprint density at radius 3 is 3.05 bits per heavy atom. The number of nitrogens with zero attached hydrogens (tertiary/aromatic N) is 3. The average Bonchev–Trinajstić information content (AvgIpc) is 2.87. The van der Waals surface area contributed by atoms with Gasteiger partial charge < -0.3 is 9.64 Å². The maximum atomic E-state index is 12.7. The normalized spacial score (nSPS) is 14.4. The first-order valence-corrected chi connectivity index (χ1v) is 8.17. The lowest BCUT2D eigenvalue weighted by Crippen LogP contribution is -2.33. The molecule has 1 aliphatic heterocycles. The average molecular weight is 321 g/mol. The number of methoxy groups -OCH3 is 1. The number of carbonyl (C=O) groups excluding carboxylic acids is 1. The smallest absolute Gasteiger partial charge is 0.262 e. The Bertz CT molecular complexity index is 765. The highest BCUT2D eigenvalue weighted by molar-refractivity contribution is 7.18. The van der Waals surface area contributed by atoms with Gasteiger partial charge in [-0.25, -0.2) is 4.98 Å². The molecule has 7 heteroatoms. The minimum Gasteiger partial charge on any atom is -0.385 e. The van der Waals surface area contributed by atoms with Crippen LogP contribution in [0.15, 0.2) is 11.1 Å². The SMILES string of the molecule is COCCCn1cnc2sc3c(c2c1=O)CCN(C(C)=O)C3. The molecular formula is C15H19N3O3S. The van der Waals surface area contributed by atoms with Crippen LogP contribution in [0.5, 0.6) is 0 Å². The molecule has 0 saturated carbocycles. The van der Waals surface area contributed by atoms with E-state index in [2.05, 4.69) is 4.98 Å². The molecule has 0 aliphatic carbocycles. The van der Waals surface area contributed by atoms with E-state index in [1.165, 1.54) is 11.3 Å². The summed E-state index contributed by atoms with van der Waals surface area (Å²) in [5, 5.41) is 0.739. The first-order valence-electron chi connectivity index (χ1n) is 7.36. The van der Waals surface area contributed by atoms with Crippen LogP contribution in [0, 0.1) is 0 Å². The van der Waals surface area contributed by atoms with Crippen LogP contribution in [0.4, 0.5) is 0 Å². The van der Waals surface area contributed by atoms with Crippen molar-refractivity contribution in [3.8, 4) is 0 Å². The van der Waals surface area contributed by atoms with Gasteiger partial charge in [0.2, 0.25) is 5.91 Å². The molecule has 3 rings (SSSR count). The van der Waals surface area contributed by atoms with Gasteiger partial charge in [-0.15, -0.1) is 11.3 Å². The predicted octanol–water partition coefficient (Wildman–Crippen LogP) is 1.40. The first-order chi connectivity index (χ1) is 10.6. The van der Waals surface area contributed by atoms with Crippen LogP contribution < -0.4 is 5.56 Å². The molecule has 0 bridgehead atoms. The number of carbonyl (C=O) groups is 1. The van der Waals surface area contributed by atoms with Gasteiger partial charge in [-0.2, -0.15) is 0 Å². The van der Waals surface area contributed by atoms with Crippen LogP contribution in [-0.4, -0.2) is 40.6 Å². The van der Waals surface area contributed by atoms with Gasteiger partial charge in [-0.05, 0) is 18.4 Å². The van der Waals surface area contributed by atoms with Crippen LogP contribution in [0.3, 0.4) is 0 Å². The minimum absolute atomic E-state index is 0.0230. The maximum Gasteiger partial charge on any atom is 0.262 e. The van der Waals surface area contributed by atoms with E-state index in [1.807, 2.05) is 4.90 Å². The van der Waals surface area contributed by atoms with Gasteiger partial charge in [0.25, 0.3) is 5.56 Å². The third-order valence-corrected chi connectivity index (χ3v) is 5.14. The van der Waals surface area contributed by atoms with E-state index < -0.39 is 0 Å². The summed E-state index contributed by atoms with van der Waals surface area (Å²) >= 11 is 1.53. The van der Waals surface area contributed by atoms with Crippen LogP contribution in [0.1, 0.15) is 23.8 Å². The van der Waals surface area contributed by atoms with Crippen molar-refractivity contribution in [2.24, 2.45) is 0 Å². The second-order valence-electron chi connectivity index (χ2n) is 5.46. The van der Waals surface area contributed by atoms with E-state index in [0.717, 1.165) is 33.5 Å². The van der Waals surface area contributed by atoms with Crippen molar-refractivity contribution < 1.29 is 9.53 Å². The molecule has 0 unspecified atom stereocenters. The zero-order valence-corrected chi connectivity index (χ0v) is 13.6. The predicted molar refractivity (Wildman–Crippen MR) is 85.2 cm³/mol. The molecule has 22 heavy (non-hydrogen) atoms. The van der Waals surface area contributed by atoms with Crippen molar-refractivity contribution in [1.82, 2.24) is 14.5 Å². The molecule has 0 spiro atoms. The van der Waals surface area contributed by atoms with Crippen LogP contribution in [0.2, 0.25) is 0 Å². The number of ether oxygens (including phenoxy) is 1. The highest BCUT2D eigenvalue weighted by atomic mass is 32.1. The number of fused-ring (bicyclic) bond motifs is 3. The highest BCUT2D eigenvalue weighted by Gasteiger charge is 2.24. The van der Waals surface area contributed by atoms with Gasteiger partial charge in [-0.1, -0.05) is 0 Å². The second kappa shape index (κ2) is 6.18. The third kappa shape index (κ3) is 2.66.